The van der Waals surface area contributed by atoms with Gasteiger partial charge in [-0.05, 0) is 33.1 Å². The summed E-state index contributed by atoms with van der Waals surface area (Å²) in [6.45, 7) is 12.5. The Morgan fingerprint density at radius 2 is 1.89 bits per heavy atom. The standard InChI is InChI=1S/C13H24N2O3/c1-7-8-13(9(2)3,10(14)16)15-11(17)18-12(4,5)6/h7,9H,1,8H2,2-6H3,(H2,14,16)(H,15,17). The molecule has 1 unspecified atom stereocenters. The van der Waals surface area contributed by atoms with Gasteiger partial charge in [-0.15, -0.1) is 6.58 Å². The number of nitrogens with two attached hydrogens (primary N) is 1. The lowest BCUT2D eigenvalue weighted by Crippen LogP contribution is -2.61. The van der Waals surface area contributed by atoms with Crippen LogP contribution >= 0.6 is 0 Å². The van der Waals surface area contributed by atoms with Crippen LogP contribution in [0, 0.1) is 5.92 Å². The summed E-state index contributed by atoms with van der Waals surface area (Å²) in [5, 5.41) is 2.58. The zero-order valence-corrected chi connectivity index (χ0v) is 11.9. The molecule has 1 atom stereocenters. The van der Waals surface area contributed by atoms with Crippen LogP contribution in [0.5, 0.6) is 0 Å². The zero-order valence-electron chi connectivity index (χ0n) is 11.9. The highest BCUT2D eigenvalue weighted by atomic mass is 16.6. The maximum Gasteiger partial charge on any atom is 0.408 e. The molecule has 2 amide bonds. The quantitative estimate of drug-likeness (QED) is 0.738. The van der Waals surface area contributed by atoms with Crippen LogP contribution in [-0.4, -0.2) is 23.1 Å². The van der Waals surface area contributed by atoms with Gasteiger partial charge in [-0.25, -0.2) is 4.79 Å². The van der Waals surface area contributed by atoms with Crippen molar-refractivity contribution >= 4 is 12.0 Å². The summed E-state index contributed by atoms with van der Waals surface area (Å²) in [6.07, 6.45) is 1.17. The van der Waals surface area contributed by atoms with Crippen molar-refractivity contribution < 1.29 is 14.3 Å². The predicted molar refractivity (Wildman–Crippen MR) is 70.9 cm³/mol. The van der Waals surface area contributed by atoms with E-state index in [2.05, 4.69) is 11.9 Å². The first-order valence-corrected chi connectivity index (χ1v) is 5.97. The van der Waals surface area contributed by atoms with Gasteiger partial charge in [-0.1, -0.05) is 19.9 Å². The van der Waals surface area contributed by atoms with Gasteiger partial charge in [-0.2, -0.15) is 0 Å². The molecule has 3 N–H and O–H groups in total. The number of hydrogen-bond donors (Lipinski definition) is 2. The van der Waals surface area contributed by atoms with E-state index in [-0.39, 0.29) is 12.3 Å². The predicted octanol–water partition coefficient (Wildman–Crippen LogP) is 1.97. The van der Waals surface area contributed by atoms with Crippen molar-refractivity contribution in [3.63, 3.8) is 0 Å². The van der Waals surface area contributed by atoms with Gasteiger partial charge in [0.05, 0.1) is 0 Å². The van der Waals surface area contributed by atoms with Gasteiger partial charge >= 0.3 is 6.09 Å². The Hall–Kier alpha value is -1.52. The van der Waals surface area contributed by atoms with Crippen LogP contribution in [0.2, 0.25) is 0 Å². The molecule has 0 spiro atoms. The van der Waals surface area contributed by atoms with E-state index >= 15 is 0 Å². The minimum atomic E-state index is -1.16. The number of ether oxygens (including phenoxy) is 1. The summed E-state index contributed by atoms with van der Waals surface area (Å²) in [5.74, 6) is -0.760. The minimum absolute atomic E-state index is 0.166. The van der Waals surface area contributed by atoms with E-state index in [4.69, 9.17) is 10.5 Å². The summed E-state index contributed by atoms with van der Waals surface area (Å²) in [6, 6.07) is 0. The Balaban J connectivity index is 5.06. The van der Waals surface area contributed by atoms with Gasteiger partial charge in [0.15, 0.2) is 0 Å². The Morgan fingerprint density at radius 3 is 2.17 bits per heavy atom. The van der Waals surface area contributed by atoms with Crippen molar-refractivity contribution in [3.8, 4) is 0 Å². The molecule has 0 aliphatic heterocycles. The molecule has 0 rings (SSSR count). The maximum atomic E-state index is 11.8. The summed E-state index contributed by atoms with van der Waals surface area (Å²) in [4.78, 5) is 23.4. The lowest BCUT2D eigenvalue weighted by Gasteiger charge is -2.35. The summed E-state index contributed by atoms with van der Waals surface area (Å²) < 4.78 is 5.15. The van der Waals surface area contributed by atoms with E-state index in [0.29, 0.717) is 0 Å². The van der Waals surface area contributed by atoms with E-state index in [1.807, 2.05) is 13.8 Å². The van der Waals surface area contributed by atoms with E-state index in [1.165, 1.54) is 0 Å². The second kappa shape index (κ2) is 5.89. The molecule has 5 nitrogen and oxygen atoms in total. The monoisotopic (exact) mass is 256 g/mol. The molecule has 0 saturated heterocycles. The van der Waals surface area contributed by atoms with Crippen molar-refractivity contribution in [2.45, 2.75) is 52.2 Å². The fraction of sp³-hybridized carbons (Fsp3) is 0.692. The third-order valence-electron chi connectivity index (χ3n) is 2.62. The number of carbonyl (C=O) groups excluding carboxylic acids is 2. The minimum Gasteiger partial charge on any atom is -0.444 e. The fourth-order valence-corrected chi connectivity index (χ4v) is 1.59. The molecule has 0 heterocycles. The SMILES string of the molecule is C=CCC(NC(=O)OC(C)(C)C)(C(N)=O)C(C)C. The Kier molecular flexibility index (Phi) is 5.39. The lowest BCUT2D eigenvalue weighted by atomic mass is 9.82. The van der Waals surface area contributed by atoms with Crippen molar-refractivity contribution in [1.29, 1.82) is 0 Å². The number of carbonyl (C=O) groups is 2. The van der Waals surface area contributed by atoms with Crippen LogP contribution < -0.4 is 11.1 Å². The molecular formula is C13H24N2O3. The Morgan fingerprint density at radius 1 is 1.39 bits per heavy atom. The van der Waals surface area contributed by atoms with Gasteiger partial charge in [-0.3, -0.25) is 4.79 Å². The molecule has 0 saturated carbocycles. The largest absolute Gasteiger partial charge is 0.444 e. The topological polar surface area (TPSA) is 81.4 Å². The van der Waals surface area contributed by atoms with Crippen LogP contribution in [-0.2, 0) is 9.53 Å². The normalized spacial score (nSPS) is 14.8. The smallest absolute Gasteiger partial charge is 0.408 e. The van der Waals surface area contributed by atoms with E-state index in [9.17, 15) is 9.59 Å². The van der Waals surface area contributed by atoms with E-state index < -0.39 is 23.1 Å². The zero-order chi connectivity index (χ0) is 14.6. The molecule has 0 aliphatic rings. The number of nitrogens with one attached hydrogen (secondary N) is 1. The number of amides is 2. The first-order valence-electron chi connectivity index (χ1n) is 5.97. The van der Waals surface area contributed by atoms with Crippen molar-refractivity contribution in [2.24, 2.45) is 11.7 Å². The summed E-state index contributed by atoms with van der Waals surface area (Å²) in [5.41, 5.74) is 3.62. The molecule has 104 valence electrons. The number of alkyl carbamates (subject to hydrolysis) is 1. The van der Waals surface area contributed by atoms with Gasteiger partial charge in [0.1, 0.15) is 11.1 Å². The molecular weight excluding hydrogens is 232 g/mol. The second-order valence-corrected chi connectivity index (χ2v) is 5.61. The molecule has 0 radical (unpaired) electrons. The lowest BCUT2D eigenvalue weighted by molar-refractivity contribution is -0.126. The van der Waals surface area contributed by atoms with Crippen LogP contribution in [0.4, 0.5) is 4.79 Å². The van der Waals surface area contributed by atoms with Crippen LogP contribution in [0.3, 0.4) is 0 Å². The van der Waals surface area contributed by atoms with Crippen molar-refractivity contribution in [3.05, 3.63) is 12.7 Å². The Labute approximate surface area is 109 Å². The molecule has 0 aromatic carbocycles. The molecule has 18 heavy (non-hydrogen) atoms. The van der Waals surface area contributed by atoms with Crippen LogP contribution in [0.25, 0.3) is 0 Å². The van der Waals surface area contributed by atoms with Gasteiger partial charge in [0, 0.05) is 0 Å². The summed E-state index contributed by atoms with van der Waals surface area (Å²) in [7, 11) is 0. The van der Waals surface area contributed by atoms with Crippen LogP contribution in [0.15, 0.2) is 12.7 Å². The number of hydrogen-bond acceptors (Lipinski definition) is 3. The highest BCUT2D eigenvalue weighted by Crippen LogP contribution is 2.22. The second-order valence-electron chi connectivity index (χ2n) is 5.61. The van der Waals surface area contributed by atoms with E-state index in [1.54, 1.807) is 26.8 Å². The molecule has 0 aliphatic carbocycles. The van der Waals surface area contributed by atoms with Gasteiger partial charge in [0.2, 0.25) is 5.91 Å². The highest BCUT2D eigenvalue weighted by molar-refractivity contribution is 5.89. The van der Waals surface area contributed by atoms with Crippen molar-refractivity contribution in [2.75, 3.05) is 0 Å². The summed E-state index contributed by atoms with van der Waals surface area (Å²) >= 11 is 0. The molecule has 0 aromatic rings. The van der Waals surface area contributed by atoms with Crippen LogP contribution in [0.1, 0.15) is 41.0 Å². The van der Waals surface area contributed by atoms with Gasteiger partial charge in [0.25, 0.3) is 0 Å². The molecule has 5 heteroatoms. The molecule has 0 fully saturated rings. The maximum absolute atomic E-state index is 11.8. The first-order chi connectivity index (χ1) is 8.05. The number of primary amides is 1. The first kappa shape index (κ1) is 16.5. The van der Waals surface area contributed by atoms with Crippen molar-refractivity contribution in [1.82, 2.24) is 5.32 Å². The third kappa shape index (κ3) is 4.39. The van der Waals surface area contributed by atoms with E-state index in [0.717, 1.165) is 0 Å². The fourth-order valence-electron chi connectivity index (χ4n) is 1.59. The number of rotatable bonds is 5. The molecule has 0 bridgehead atoms. The average Bonchev–Trinajstić information content (AvgIpc) is 2.12. The van der Waals surface area contributed by atoms with Gasteiger partial charge < -0.3 is 15.8 Å². The average molecular weight is 256 g/mol. The third-order valence-corrected chi connectivity index (χ3v) is 2.62. The highest BCUT2D eigenvalue weighted by Gasteiger charge is 2.41. The Bertz CT molecular complexity index is 332. The molecule has 0 aromatic heterocycles.